The van der Waals surface area contributed by atoms with Crippen LogP contribution >= 0.6 is 23.2 Å². The Balaban J connectivity index is 0.00000261. The molecule has 27 heavy (non-hydrogen) atoms. The molecule has 0 radical (unpaired) electrons. The van der Waals surface area contributed by atoms with E-state index in [0.717, 1.165) is 0 Å². The third-order valence-corrected chi connectivity index (χ3v) is 4.55. The van der Waals surface area contributed by atoms with Crippen molar-refractivity contribution in [2.45, 2.75) is 24.6 Å². The molecule has 0 unspecified atom stereocenters. The van der Waals surface area contributed by atoms with Crippen LogP contribution in [0.2, 0.25) is 10.0 Å². The fourth-order valence-electron chi connectivity index (χ4n) is 2.53. The molecule has 2 aromatic carbocycles. The zero-order valence-electron chi connectivity index (χ0n) is 13.9. The Morgan fingerprint density at radius 1 is 1.04 bits per heavy atom. The third-order valence-electron chi connectivity index (χ3n) is 4.00. The van der Waals surface area contributed by atoms with E-state index in [1.54, 1.807) is 24.3 Å². The van der Waals surface area contributed by atoms with E-state index in [2.05, 4.69) is 0 Å². The van der Waals surface area contributed by atoms with Crippen LogP contribution in [0, 0.1) is 0 Å². The lowest BCUT2D eigenvalue weighted by Crippen LogP contribution is -2.54. The highest BCUT2D eigenvalue weighted by molar-refractivity contribution is 6.37. The van der Waals surface area contributed by atoms with E-state index >= 15 is 0 Å². The lowest BCUT2D eigenvalue weighted by Gasteiger charge is -2.34. The topological polar surface area (TPSA) is 128 Å². The van der Waals surface area contributed by atoms with Gasteiger partial charge in [-0.25, -0.2) is 0 Å². The second-order valence-electron chi connectivity index (χ2n) is 5.85. The summed E-state index contributed by atoms with van der Waals surface area (Å²) in [6.07, 6.45) is -5.05. The van der Waals surface area contributed by atoms with Crippen LogP contribution < -0.4 is 4.74 Å². The highest BCUT2D eigenvalue weighted by Crippen LogP contribution is 2.25. The van der Waals surface area contributed by atoms with Gasteiger partial charge < -0.3 is 30.3 Å². The first-order valence-electron chi connectivity index (χ1n) is 7.79. The maximum atomic E-state index is 12.5. The molecule has 1 aliphatic heterocycles. The Hall–Kier alpha value is -1.71. The molecule has 1 heterocycles. The predicted octanol–water partition coefficient (Wildman–Crippen LogP) is 1.22. The smallest absolute Gasteiger partial charge is 0.228 e. The Bertz CT molecular complexity index is 797. The molecule has 0 amide bonds. The molecular weight excluding hydrogens is 399 g/mol. The molecule has 0 aliphatic carbocycles. The van der Waals surface area contributed by atoms with Crippen molar-refractivity contribution in [1.82, 2.24) is 0 Å². The van der Waals surface area contributed by atoms with E-state index in [-0.39, 0.29) is 22.9 Å². The fourth-order valence-corrected chi connectivity index (χ4v) is 3.03. The third kappa shape index (κ3) is 4.77. The van der Waals surface area contributed by atoms with E-state index in [0.29, 0.717) is 21.9 Å². The maximum Gasteiger partial charge on any atom is 0.228 e. The number of carbonyl (C=O) groups excluding carboxylic acids is 1. The number of benzene rings is 2. The average Bonchev–Trinajstić information content (AvgIpc) is 2.62. The van der Waals surface area contributed by atoms with E-state index < -0.39 is 24.6 Å². The van der Waals surface area contributed by atoms with Crippen molar-refractivity contribution < 1.29 is 35.1 Å². The van der Waals surface area contributed by atoms with Crippen molar-refractivity contribution in [3.63, 3.8) is 0 Å². The van der Waals surface area contributed by atoms with Gasteiger partial charge in [-0.05, 0) is 42.5 Å². The van der Waals surface area contributed by atoms with Gasteiger partial charge in [0.25, 0.3) is 0 Å². The van der Waals surface area contributed by atoms with Gasteiger partial charge in [-0.2, -0.15) is 0 Å². The largest absolute Gasteiger partial charge is 0.462 e. The van der Waals surface area contributed by atoms with Crippen LogP contribution in [-0.2, 0) is 4.74 Å². The van der Waals surface area contributed by atoms with Crippen LogP contribution in [0.25, 0.3) is 0 Å². The lowest BCUT2D eigenvalue weighted by molar-refractivity contribution is -0.242. The highest BCUT2D eigenvalue weighted by Gasteiger charge is 2.38. The minimum absolute atomic E-state index is 0. The molecule has 5 N–H and O–H groups in total. The standard InChI is InChI=1S/C18H16Cl2O6.H2O/c19-10-3-6-12(13(20)7-10)15(22)9-1-4-11(5-2-9)26-18-17(24)16(23)14(21)8-25-18;/h1-7,14,16-18,21,23-24H,8H2;1H2/t14-,16+,17-,18+;/m1./s1. The molecule has 146 valence electrons. The van der Waals surface area contributed by atoms with Crippen LogP contribution in [-0.4, -0.2) is 57.8 Å². The first-order chi connectivity index (χ1) is 12.4. The molecule has 4 atom stereocenters. The first kappa shape index (κ1) is 21.6. The minimum atomic E-state index is -1.40. The van der Waals surface area contributed by atoms with Crippen molar-refractivity contribution in [1.29, 1.82) is 0 Å². The molecule has 0 bridgehead atoms. The molecule has 1 saturated heterocycles. The van der Waals surface area contributed by atoms with Crippen LogP contribution in [0.1, 0.15) is 15.9 Å². The molecule has 1 aliphatic rings. The van der Waals surface area contributed by atoms with E-state index in [1.807, 2.05) is 0 Å². The van der Waals surface area contributed by atoms with Gasteiger partial charge in [-0.15, -0.1) is 0 Å². The van der Waals surface area contributed by atoms with Gasteiger partial charge in [0.2, 0.25) is 6.29 Å². The number of ketones is 1. The zero-order valence-corrected chi connectivity index (χ0v) is 15.4. The second-order valence-corrected chi connectivity index (χ2v) is 6.69. The molecule has 0 saturated carbocycles. The Kier molecular flexibility index (Phi) is 7.19. The summed E-state index contributed by atoms with van der Waals surface area (Å²) in [6, 6.07) is 10.8. The number of hydrogen-bond acceptors (Lipinski definition) is 6. The molecular formula is C18H18Cl2O7. The summed E-state index contributed by atoms with van der Waals surface area (Å²) in [5, 5.41) is 29.7. The molecule has 3 rings (SSSR count). The monoisotopic (exact) mass is 416 g/mol. The molecule has 0 spiro atoms. The highest BCUT2D eigenvalue weighted by atomic mass is 35.5. The zero-order chi connectivity index (χ0) is 18.8. The molecule has 7 nitrogen and oxygen atoms in total. The van der Waals surface area contributed by atoms with Crippen molar-refractivity contribution in [3.8, 4) is 5.75 Å². The number of halogens is 2. The number of aliphatic hydroxyl groups is 3. The number of carbonyl (C=O) groups is 1. The average molecular weight is 417 g/mol. The SMILES string of the molecule is O.O=C(c1ccc(O[C@@H]2OC[C@@H](O)[C@H](O)[C@H]2O)cc1)c1ccc(Cl)cc1Cl. The maximum absolute atomic E-state index is 12.5. The first-order valence-corrected chi connectivity index (χ1v) is 8.54. The summed E-state index contributed by atoms with van der Waals surface area (Å²) in [6.45, 7) is -0.158. The van der Waals surface area contributed by atoms with Crippen molar-refractivity contribution in [2.24, 2.45) is 0 Å². The quantitative estimate of drug-likeness (QED) is 0.642. The van der Waals surface area contributed by atoms with Crippen LogP contribution in [0.5, 0.6) is 5.75 Å². The van der Waals surface area contributed by atoms with E-state index in [1.165, 1.54) is 18.2 Å². The van der Waals surface area contributed by atoms with Gasteiger partial charge >= 0.3 is 0 Å². The summed E-state index contributed by atoms with van der Waals surface area (Å²) < 4.78 is 10.6. The second kappa shape index (κ2) is 8.99. The number of aliphatic hydroxyl groups excluding tert-OH is 3. The van der Waals surface area contributed by atoms with Crippen molar-refractivity contribution in [3.05, 3.63) is 63.6 Å². The molecule has 1 fully saturated rings. The number of ether oxygens (including phenoxy) is 2. The molecule has 9 heteroatoms. The fraction of sp³-hybridized carbons (Fsp3) is 0.278. The van der Waals surface area contributed by atoms with E-state index in [4.69, 9.17) is 32.7 Å². The van der Waals surface area contributed by atoms with Gasteiger partial charge in [0.1, 0.15) is 24.1 Å². The summed E-state index contributed by atoms with van der Waals surface area (Å²) in [7, 11) is 0. The Labute approximate surface area is 165 Å². The van der Waals surface area contributed by atoms with Crippen LogP contribution in [0.3, 0.4) is 0 Å². The summed E-state index contributed by atoms with van der Waals surface area (Å²) in [5.41, 5.74) is 0.718. The molecule has 2 aromatic rings. The summed E-state index contributed by atoms with van der Waals surface area (Å²) in [5.74, 6) is 0.0575. The summed E-state index contributed by atoms with van der Waals surface area (Å²) in [4.78, 5) is 12.5. The lowest BCUT2D eigenvalue weighted by atomic mass is 10.0. The van der Waals surface area contributed by atoms with E-state index in [9.17, 15) is 20.1 Å². The predicted molar refractivity (Wildman–Crippen MR) is 98.3 cm³/mol. The number of hydrogen-bond donors (Lipinski definition) is 3. The molecule has 0 aromatic heterocycles. The van der Waals surface area contributed by atoms with Gasteiger partial charge in [-0.3, -0.25) is 4.79 Å². The van der Waals surface area contributed by atoms with Crippen molar-refractivity contribution >= 4 is 29.0 Å². The minimum Gasteiger partial charge on any atom is -0.462 e. The normalized spacial score (nSPS) is 24.8. The Morgan fingerprint density at radius 3 is 2.33 bits per heavy atom. The van der Waals surface area contributed by atoms with Gasteiger partial charge in [0.05, 0.1) is 11.6 Å². The Morgan fingerprint density at radius 2 is 1.70 bits per heavy atom. The van der Waals surface area contributed by atoms with Crippen LogP contribution in [0.15, 0.2) is 42.5 Å². The van der Waals surface area contributed by atoms with Crippen LogP contribution in [0.4, 0.5) is 0 Å². The number of rotatable bonds is 4. The van der Waals surface area contributed by atoms with Crippen molar-refractivity contribution in [2.75, 3.05) is 6.61 Å². The van der Waals surface area contributed by atoms with Gasteiger partial charge in [-0.1, -0.05) is 23.2 Å². The van der Waals surface area contributed by atoms with Gasteiger partial charge in [0, 0.05) is 16.1 Å². The van der Waals surface area contributed by atoms with Gasteiger partial charge in [0.15, 0.2) is 5.78 Å². The summed E-state index contributed by atoms with van der Waals surface area (Å²) >= 11 is 11.9.